The average molecular weight is 325 g/mol. The molecule has 2 N–H and O–H groups in total. The van der Waals surface area contributed by atoms with Crippen LogP contribution in [0.5, 0.6) is 0 Å². The molecule has 0 unspecified atom stereocenters. The normalized spacial score (nSPS) is 11.3. The highest BCUT2D eigenvalue weighted by Gasteiger charge is 2.10. The summed E-state index contributed by atoms with van der Waals surface area (Å²) in [6, 6.07) is 6.13. The van der Waals surface area contributed by atoms with Crippen LogP contribution >= 0.6 is 15.9 Å². The van der Waals surface area contributed by atoms with Crippen LogP contribution in [0.1, 0.15) is 18.9 Å². The van der Waals surface area contributed by atoms with Crippen LogP contribution in [0.3, 0.4) is 0 Å². The van der Waals surface area contributed by atoms with E-state index in [1.165, 1.54) is 10.9 Å². The maximum atomic E-state index is 10.6. The van der Waals surface area contributed by atoms with Crippen molar-refractivity contribution in [3.63, 3.8) is 0 Å². The fraction of sp³-hybridized carbons (Fsp3) is 0.357. The highest BCUT2D eigenvalue weighted by Crippen LogP contribution is 2.23. The Hall–Kier alpha value is -1.33. The van der Waals surface area contributed by atoms with Gasteiger partial charge < -0.3 is 10.1 Å². The van der Waals surface area contributed by atoms with E-state index in [-0.39, 0.29) is 6.42 Å². The van der Waals surface area contributed by atoms with Crippen molar-refractivity contribution in [1.82, 2.24) is 9.88 Å². The van der Waals surface area contributed by atoms with E-state index in [9.17, 15) is 4.79 Å². The molecule has 0 radical (unpaired) electrons. The molecule has 102 valence electrons. The first-order valence-electron chi connectivity index (χ1n) is 6.29. The summed E-state index contributed by atoms with van der Waals surface area (Å²) in [6.07, 6.45) is 2.18. The summed E-state index contributed by atoms with van der Waals surface area (Å²) in [5.74, 6) is -0.750. The van der Waals surface area contributed by atoms with Crippen LogP contribution in [0.15, 0.2) is 28.9 Å². The molecule has 4 nitrogen and oxygen atoms in total. The van der Waals surface area contributed by atoms with Crippen LogP contribution in [-0.2, 0) is 11.3 Å². The maximum Gasteiger partial charge on any atom is 0.304 e. The predicted octanol–water partition coefficient (Wildman–Crippen LogP) is 3.23. The molecule has 0 saturated carbocycles. The zero-order valence-electron chi connectivity index (χ0n) is 10.8. The quantitative estimate of drug-likeness (QED) is 0.857. The van der Waals surface area contributed by atoms with Crippen LogP contribution in [0.2, 0.25) is 0 Å². The molecule has 0 aliphatic rings. The van der Waals surface area contributed by atoms with E-state index in [1.807, 2.05) is 25.3 Å². The maximum absolute atomic E-state index is 10.6. The van der Waals surface area contributed by atoms with Gasteiger partial charge in [0.05, 0.1) is 6.42 Å². The first kappa shape index (κ1) is 14.1. The molecule has 0 saturated heterocycles. The molecule has 1 aromatic heterocycles. The Morgan fingerprint density at radius 2 is 2.26 bits per heavy atom. The lowest BCUT2D eigenvalue weighted by Gasteiger charge is -2.18. The van der Waals surface area contributed by atoms with E-state index in [0.717, 1.165) is 23.1 Å². The minimum absolute atomic E-state index is 0.180. The van der Waals surface area contributed by atoms with Crippen molar-refractivity contribution in [1.29, 1.82) is 0 Å². The third-order valence-corrected chi connectivity index (χ3v) is 3.71. The molecule has 1 heterocycles. The van der Waals surface area contributed by atoms with Crippen molar-refractivity contribution >= 4 is 32.8 Å². The zero-order valence-corrected chi connectivity index (χ0v) is 12.4. The topological polar surface area (TPSA) is 56.3 Å². The van der Waals surface area contributed by atoms with E-state index >= 15 is 0 Å². The first-order chi connectivity index (χ1) is 9.10. The van der Waals surface area contributed by atoms with Crippen LogP contribution in [0.4, 0.5) is 0 Å². The zero-order chi connectivity index (χ0) is 13.8. The third-order valence-electron chi connectivity index (χ3n) is 3.21. The minimum atomic E-state index is -0.750. The summed E-state index contributed by atoms with van der Waals surface area (Å²) in [6.45, 7) is 4.23. The Balaban J connectivity index is 2.15. The SMILES string of the molecule is CCN(CCC(=O)O)Cc1c[nH]c2ccc(Br)cc12. The Kier molecular flexibility index (Phi) is 4.61. The van der Waals surface area contributed by atoms with Gasteiger partial charge in [-0.05, 0) is 30.3 Å². The predicted molar refractivity (Wildman–Crippen MR) is 79.2 cm³/mol. The van der Waals surface area contributed by atoms with Gasteiger partial charge in [0.2, 0.25) is 0 Å². The van der Waals surface area contributed by atoms with Crippen molar-refractivity contribution in [2.45, 2.75) is 19.9 Å². The molecule has 0 aliphatic carbocycles. The van der Waals surface area contributed by atoms with E-state index in [0.29, 0.717) is 6.54 Å². The van der Waals surface area contributed by atoms with E-state index in [1.54, 1.807) is 0 Å². The number of benzene rings is 1. The van der Waals surface area contributed by atoms with Gasteiger partial charge >= 0.3 is 5.97 Å². The molecule has 2 aromatic rings. The number of aromatic amines is 1. The number of carbonyl (C=O) groups is 1. The second-order valence-corrected chi connectivity index (χ2v) is 5.43. The van der Waals surface area contributed by atoms with Gasteiger partial charge in [0.1, 0.15) is 0 Å². The highest BCUT2D eigenvalue weighted by atomic mass is 79.9. The van der Waals surface area contributed by atoms with Crippen LogP contribution in [-0.4, -0.2) is 34.0 Å². The van der Waals surface area contributed by atoms with Gasteiger partial charge in [-0.2, -0.15) is 0 Å². The molecular formula is C14H17BrN2O2. The number of halogens is 1. The van der Waals surface area contributed by atoms with Crippen LogP contribution in [0, 0.1) is 0 Å². The fourth-order valence-corrected chi connectivity index (χ4v) is 2.49. The van der Waals surface area contributed by atoms with Gasteiger partial charge in [-0.1, -0.05) is 22.9 Å². The molecule has 19 heavy (non-hydrogen) atoms. The summed E-state index contributed by atoms with van der Waals surface area (Å²) in [7, 11) is 0. The van der Waals surface area contributed by atoms with Gasteiger partial charge in [-0.3, -0.25) is 9.69 Å². The van der Waals surface area contributed by atoms with Gasteiger partial charge in [-0.25, -0.2) is 0 Å². The first-order valence-corrected chi connectivity index (χ1v) is 7.09. The monoisotopic (exact) mass is 324 g/mol. The molecule has 0 atom stereocenters. The molecule has 5 heteroatoms. The molecule has 0 fully saturated rings. The minimum Gasteiger partial charge on any atom is -0.481 e. The lowest BCUT2D eigenvalue weighted by Crippen LogP contribution is -2.25. The Labute approximate surface area is 120 Å². The lowest BCUT2D eigenvalue weighted by molar-refractivity contribution is -0.137. The van der Waals surface area contributed by atoms with E-state index in [2.05, 4.69) is 31.9 Å². The number of hydrogen-bond acceptors (Lipinski definition) is 2. The van der Waals surface area contributed by atoms with E-state index < -0.39 is 5.97 Å². The smallest absolute Gasteiger partial charge is 0.304 e. The Bertz CT molecular complexity index is 580. The number of fused-ring (bicyclic) bond motifs is 1. The van der Waals surface area contributed by atoms with Gasteiger partial charge in [0.25, 0.3) is 0 Å². The molecule has 0 aliphatic heterocycles. The number of H-pyrrole nitrogens is 1. The molecule has 2 rings (SSSR count). The second-order valence-electron chi connectivity index (χ2n) is 4.52. The molecule has 1 aromatic carbocycles. The summed E-state index contributed by atoms with van der Waals surface area (Å²) in [5, 5.41) is 9.94. The number of aromatic nitrogens is 1. The number of aliphatic carboxylic acids is 1. The standard InChI is InChI=1S/C14H17BrN2O2/c1-2-17(6-5-14(18)19)9-10-8-16-13-4-3-11(15)7-12(10)13/h3-4,7-8,16H,2,5-6,9H2,1H3,(H,18,19). The number of rotatable bonds is 6. The summed E-state index contributed by atoms with van der Waals surface area (Å²) >= 11 is 3.48. The molecule has 0 spiro atoms. The summed E-state index contributed by atoms with van der Waals surface area (Å²) < 4.78 is 1.05. The second kappa shape index (κ2) is 6.21. The largest absolute Gasteiger partial charge is 0.481 e. The number of nitrogens with one attached hydrogen (secondary N) is 1. The summed E-state index contributed by atoms with van der Waals surface area (Å²) in [4.78, 5) is 16.0. The van der Waals surface area contributed by atoms with Crippen molar-refractivity contribution in [3.05, 3.63) is 34.4 Å². The number of carboxylic acids is 1. The molecular weight excluding hydrogens is 308 g/mol. The van der Waals surface area contributed by atoms with Crippen LogP contribution in [0.25, 0.3) is 10.9 Å². The van der Waals surface area contributed by atoms with E-state index in [4.69, 9.17) is 5.11 Å². The number of nitrogens with zero attached hydrogens (tertiary/aromatic N) is 1. The number of carboxylic acid groups (broad SMARTS) is 1. The fourth-order valence-electron chi connectivity index (χ4n) is 2.13. The summed E-state index contributed by atoms with van der Waals surface area (Å²) in [5.41, 5.74) is 2.30. The van der Waals surface area contributed by atoms with Crippen molar-refractivity contribution in [3.8, 4) is 0 Å². The van der Waals surface area contributed by atoms with Crippen molar-refractivity contribution in [2.24, 2.45) is 0 Å². The Morgan fingerprint density at radius 3 is 2.95 bits per heavy atom. The molecule has 0 amide bonds. The lowest BCUT2D eigenvalue weighted by atomic mass is 10.1. The van der Waals surface area contributed by atoms with Crippen molar-refractivity contribution in [2.75, 3.05) is 13.1 Å². The van der Waals surface area contributed by atoms with Gasteiger partial charge in [0, 0.05) is 34.7 Å². The van der Waals surface area contributed by atoms with Gasteiger partial charge in [-0.15, -0.1) is 0 Å². The number of hydrogen-bond donors (Lipinski definition) is 2. The van der Waals surface area contributed by atoms with Gasteiger partial charge in [0.15, 0.2) is 0 Å². The molecule has 0 bridgehead atoms. The Morgan fingerprint density at radius 1 is 1.47 bits per heavy atom. The third kappa shape index (κ3) is 3.58. The van der Waals surface area contributed by atoms with Crippen molar-refractivity contribution < 1.29 is 9.90 Å². The van der Waals surface area contributed by atoms with Crippen LogP contribution < -0.4 is 0 Å². The average Bonchev–Trinajstić information content (AvgIpc) is 2.76. The highest BCUT2D eigenvalue weighted by molar-refractivity contribution is 9.10.